The Kier molecular flexibility index (Phi) is 8.09. The van der Waals surface area contributed by atoms with Crippen LogP contribution in [0.15, 0.2) is 206 Å². The summed E-state index contributed by atoms with van der Waals surface area (Å²) >= 11 is 0. The van der Waals surface area contributed by atoms with E-state index in [1.54, 1.807) is 0 Å². The summed E-state index contributed by atoms with van der Waals surface area (Å²) < 4.78 is 2.26. The van der Waals surface area contributed by atoms with E-state index in [9.17, 15) is 10.5 Å². The average molecular weight is 803 g/mol. The number of nitrogens with zero attached hydrogens (tertiary/aromatic N) is 6. The molecule has 2 aromatic heterocycles. The Morgan fingerprint density at radius 1 is 0.444 bits per heavy atom. The van der Waals surface area contributed by atoms with Crippen molar-refractivity contribution in [1.82, 2.24) is 14.5 Å². The summed E-state index contributed by atoms with van der Waals surface area (Å²) in [5.74, 6) is 0.534. The van der Waals surface area contributed by atoms with Gasteiger partial charge in [-0.25, -0.2) is 9.97 Å². The lowest BCUT2D eigenvalue weighted by Gasteiger charge is -2.30. The Balaban J connectivity index is 1.25. The second-order valence-electron chi connectivity index (χ2n) is 16.0. The van der Waals surface area contributed by atoms with E-state index in [0.29, 0.717) is 17.1 Å². The highest BCUT2D eigenvalue weighted by atomic mass is 15.2. The SMILES string of the molecule is N#Cc1ccc2c(c1)C1(c3cc(C#N)ccc3-2)c2ccccc2-c2c1c1ccc(N(c3ccccc3)c3ccccc3)cc1n2-c1nc(-c2ccccc2)cc(-c2ccccc2)n1. The number of nitriles is 2. The second kappa shape index (κ2) is 14.1. The van der Waals surface area contributed by atoms with Crippen LogP contribution in [-0.4, -0.2) is 14.5 Å². The molecule has 0 fully saturated rings. The Bertz CT molecular complexity index is 3370. The fraction of sp³-hybridized carbons (Fsp3) is 0.0175. The average Bonchev–Trinajstić information content (AvgIpc) is 3.96. The van der Waals surface area contributed by atoms with Gasteiger partial charge in [-0.05, 0) is 94.5 Å². The van der Waals surface area contributed by atoms with Gasteiger partial charge >= 0.3 is 0 Å². The summed E-state index contributed by atoms with van der Waals surface area (Å²) in [5, 5.41) is 21.8. The third kappa shape index (κ3) is 5.36. The molecule has 0 atom stereocenters. The topological polar surface area (TPSA) is 81.5 Å². The van der Waals surface area contributed by atoms with Gasteiger partial charge in [0.2, 0.25) is 5.95 Å². The lowest BCUT2D eigenvalue weighted by atomic mass is 9.69. The molecule has 8 aromatic carbocycles. The summed E-state index contributed by atoms with van der Waals surface area (Å²) in [6.07, 6.45) is 0. The number of benzene rings is 8. The molecule has 2 heterocycles. The van der Waals surface area contributed by atoms with Crippen molar-refractivity contribution in [2.45, 2.75) is 5.41 Å². The number of aromatic nitrogens is 3. The van der Waals surface area contributed by atoms with Crippen molar-refractivity contribution >= 4 is 28.0 Å². The number of hydrogen-bond donors (Lipinski definition) is 0. The van der Waals surface area contributed by atoms with Gasteiger partial charge in [0.25, 0.3) is 0 Å². The first kappa shape index (κ1) is 36.0. The van der Waals surface area contributed by atoms with E-state index >= 15 is 0 Å². The number of para-hydroxylation sites is 2. The Hall–Kier alpha value is -8.84. The van der Waals surface area contributed by atoms with Gasteiger partial charge in [0.15, 0.2) is 0 Å². The minimum Gasteiger partial charge on any atom is -0.310 e. The molecule has 292 valence electrons. The summed E-state index contributed by atoms with van der Waals surface area (Å²) in [7, 11) is 0. The van der Waals surface area contributed by atoms with Crippen molar-refractivity contribution in [2.24, 2.45) is 0 Å². The maximum Gasteiger partial charge on any atom is 0.235 e. The van der Waals surface area contributed by atoms with Gasteiger partial charge in [-0.1, -0.05) is 140 Å². The van der Waals surface area contributed by atoms with Crippen molar-refractivity contribution in [3.05, 3.63) is 240 Å². The van der Waals surface area contributed by atoms with Gasteiger partial charge in [-0.3, -0.25) is 4.57 Å². The summed E-state index contributed by atoms with van der Waals surface area (Å²) in [5.41, 5.74) is 16.0. The van der Waals surface area contributed by atoms with Crippen molar-refractivity contribution < 1.29 is 0 Å². The highest BCUT2D eigenvalue weighted by Crippen LogP contribution is 2.65. The van der Waals surface area contributed by atoms with E-state index in [1.165, 1.54) is 0 Å². The fourth-order valence-corrected chi connectivity index (χ4v) is 10.1. The van der Waals surface area contributed by atoms with E-state index < -0.39 is 5.41 Å². The standard InChI is InChI=1S/C57H34N6/c58-35-37-25-28-44-45-29-26-38(36-59)32-50(45)57(49(44)31-37)48-24-14-13-23-46(48)55-54(57)47-30-27-43(62(41-19-9-3-10-20-41)42-21-11-4-12-22-42)33-53(47)63(55)56-60-51(39-15-5-1-6-16-39)34-52(61-56)40-17-7-2-8-18-40/h1-34H. The maximum absolute atomic E-state index is 10.4. The zero-order chi connectivity index (χ0) is 42.1. The van der Waals surface area contributed by atoms with Crippen LogP contribution in [0.4, 0.5) is 17.1 Å². The smallest absolute Gasteiger partial charge is 0.235 e. The third-order valence-electron chi connectivity index (χ3n) is 12.6. The van der Waals surface area contributed by atoms with Crippen LogP contribution >= 0.6 is 0 Å². The van der Waals surface area contributed by atoms with E-state index in [4.69, 9.17) is 9.97 Å². The predicted molar refractivity (Wildman–Crippen MR) is 250 cm³/mol. The Labute approximate surface area is 364 Å². The Morgan fingerprint density at radius 2 is 0.952 bits per heavy atom. The molecule has 6 nitrogen and oxygen atoms in total. The zero-order valence-corrected chi connectivity index (χ0v) is 33.8. The molecule has 6 heteroatoms. The van der Waals surface area contributed by atoms with Crippen LogP contribution in [0.25, 0.3) is 61.8 Å². The van der Waals surface area contributed by atoms with Crippen molar-refractivity contribution in [1.29, 1.82) is 10.5 Å². The molecule has 2 aliphatic rings. The number of anilines is 3. The molecule has 0 amide bonds. The minimum atomic E-state index is -0.876. The maximum atomic E-state index is 10.4. The van der Waals surface area contributed by atoms with Crippen LogP contribution in [0.2, 0.25) is 0 Å². The molecule has 63 heavy (non-hydrogen) atoms. The van der Waals surface area contributed by atoms with Crippen LogP contribution in [0.1, 0.15) is 33.4 Å². The predicted octanol–water partition coefficient (Wildman–Crippen LogP) is 13.3. The quantitative estimate of drug-likeness (QED) is 0.167. The molecule has 0 radical (unpaired) electrons. The highest BCUT2D eigenvalue weighted by molar-refractivity contribution is 6.06. The van der Waals surface area contributed by atoms with Gasteiger partial charge in [-0.15, -0.1) is 0 Å². The Morgan fingerprint density at radius 3 is 1.49 bits per heavy atom. The molecule has 0 N–H and O–H groups in total. The normalized spacial score (nSPS) is 12.5. The highest BCUT2D eigenvalue weighted by Gasteiger charge is 2.54. The molecule has 10 aromatic rings. The summed E-state index contributed by atoms with van der Waals surface area (Å²) in [6.45, 7) is 0. The lowest BCUT2D eigenvalue weighted by molar-refractivity contribution is 0.800. The van der Waals surface area contributed by atoms with E-state index in [0.717, 1.165) is 95.1 Å². The molecule has 0 unspecified atom stereocenters. The molecule has 0 aliphatic heterocycles. The van der Waals surface area contributed by atoms with Gasteiger partial charge < -0.3 is 4.90 Å². The van der Waals surface area contributed by atoms with Crippen LogP contribution in [0.5, 0.6) is 0 Å². The van der Waals surface area contributed by atoms with Crippen LogP contribution in [-0.2, 0) is 5.41 Å². The summed E-state index contributed by atoms with van der Waals surface area (Å²) in [4.78, 5) is 13.2. The molecule has 12 rings (SSSR count). The number of rotatable bonds is 6. The van der Waals surface area contributed by atoms with Crippen LogP contribution < -0.4 is 4.90 Å². The van der Waals surface area contributed by atoms with E-state index in [2.05, 4.69) is 167 Å². The van der Waals surface area contributed by atoms with Crippen molar-refractivity contribution in [2.75, 3.05) is 4.90 Å². The fourth-order valence-electron chi connectivity index (χ4n) is 10.1. The van der Waals surface area contributed by atoms with Gasteiger partial charge in [0.1, 0.15) is 0 Å². The molecule has 1 spiro atoms. The van der Waals surface area contributed by atoms with Gasteiger partial charge in [-0.2, -0.15) is 10.5 Å². The molecular weight excluding hydrogens is 769 g/mol. The first-order valence-corrected chi connectivity index (χ1v) is 20.9. The largest absolute Gasteiger partial charge is 0.310 e. The number of hydrogen-bond acceptors (Lipinski definition) is 5. The molecule has 0 saturated heterocycles. The third-order valence-corrected chi connectivity index (χ3v) is 12.6. The van der Waals surface area contributed by atoms with Gasteiger partial charge in [0.05, 0.1) is 51.3 Å². The molecule has 2 aliphatic carbocycles. The number of fused-ring (bicyclic) bond motifs is 12. The second-order valence-corrected chi connectivity index (χ2v) is 16.0. The first-order valence-electron chi connectivity index (χ1n) is 20.9. The molecule has 0 bridgehead atoms. The summed E-state index contributed by atoms with van der Waals surface area (Å²) in [6, 6.07) is 75.7. The van der Waals surface area contributed by atoms with Crippen LogP contribution in [0, 0.1) is 22.7 Å². The zero-order valence-electron chi connectivity index (χ0n) is 33.8. The monoisotopic (exact) mass is 802 g/mol. The van der Waals surface area contributed by atoms with Crippen LogP contribution in [0.3, 0.4) is 0 Å². The van der Waals surface area contributed by atoms with E-state index in [1.807, 2.05) is 60.7 Å². The van der Waals surface area contributed by atoms with Gasteiger partial charge in [0, 0.05) is 44.7 Å². The van der Waals surface area contributed by atoms with Crippen molar-refractivity contribution in [3.8, 4) is 63.0 Å². The van der Waals surface area contributed by atoms with Crippen molar-refractivity contribution in [3.63, 3.8) is 0 Å². The van der Waals surface area contributed by atoms with E-state index in [-0.39, 0.29) is 0 Å². The molecule has 0 saturated carbocycles. The minimum absolute atomic E-state index is 0.534. The first-order chi connectivity index (χ1) is 31.1. The lowest BCUT2D eigenvalue weighted by Crippen LogP contribution is -2.26. The molecular formula is C57H34N6.